The van der Waals surface area contributed by atoms with Crippen molar-refractivity contribution in [3.8, 4) is 0 Å². The number of amides is 1. The first-order valence-corrected chi connectivity index (χ1v) is 11.4. The third kappa shape index (κ3) is 4.71. The molecule has 1 N–H and O–H groups in total. The standard InChI is InChI=1S/C22H26N2O5S/c1-16-11-12-17(30(27,28)24-13-7-3-4-8-14-24)15-19(16)21(25)23-20-10-6-5-9-18(20)22(26)29-2/h5-6,9-12,15H,3-4,7-8,13-14H2,1-2H3,(H,23,25). The zero-order valence-corrected chi connectivity index (χ0v) is 18.0. The van der Waals surface area contributed by atoms with Crippen molar-refractivity contribution in [3.63, 3.8) is 0 Å². The largest absolute Gasteiger partial charge is 0.465 e. The Morgan fingerprint density at radius 3 is 2.30 bits per heavy atom. The number of nitrogens with one attached hydrogen (secondary N) is 1. The van der Waals surface area contributed by atoms with Crippen molar-refractivity contribution < 1.29 is 22.7 Å². The van der Waals surface area contributed by atoms with Crippen molar-refractivity contribution in [2.45, 2.75) is 37.5 Å². The fourth-order valence-corrected chi connectivity index (χ4v) is 5.05. The lowest BCUT2D eigenvalue weighted by Crippen LogP contribution is -2.32. The summed E-state index contributed by atoms with van der Waals surface area (Å²) in [5.41, 5.74) is 1.40. The number of carbonyl (C=O) groups is 2. The van der Waals surface area contributed by atoms with Crippen LogP contribution in [0.3, 0.4) is 0 Å². The van der Waals surface area contributed by atoms with Gasteiger partial charge in [-0.3, -0.25) is 4.79 Å². The van der Waals surface area contributed by atoms with Gasteiger partial charge in [0, 0.05) is 18.7 Å². The smallest absolute Gasteiger partial charge is 0.339 e. The van der Waals surface area contributed by atoms with E-state index in [1.54, 1.807) is 37.3 Å². The summed E-state index contributed by atoms with van der Waals surface area (Å²) in [6, 6.07) is 11.1. The van der Waals surface area contributed by atoms with Gasteiger partial charge in [0.1, 0.15) is 0 Å². The molecule has 0 radical (unpaired) electrons. The van der Waals surface area contributed by atoms with Crippen LogP contribution >= 0.6 is 0 Å². The monoisotopic (exact) mass is 430 g/mol. The maximum Gasteiger partial charge on any atom is 0.339 e. The van der Waals surface area contributed by atoms with E-state index in [2.05, 4.69) is 5.32 Å². The van der Waals surface area contributed by atoms with E-state index in [0.717, 1.165) is 25.7 Å². The molecule has 0 unspecified atom stereocenters. The van der Waals surface area contributed by atoms with Crippen molar-refractivity contribution in [1.29, 1.82) is 0 Å². The number of rotatable bonds is 5. The minimum absolute atomic E-state index is 0.0985. The van der Waals surface area contributed by atoms with Gasteiger partial charge in [-0.05, 0) is 49.6 Å². The number of carbonyl (C=O) groups excluding carboxylic acids is 2. The molecule has 0 bridgehead atoms. The van der Waals surface area contributed by atoms with Crippen molar-refractivity contribution in [3.05, 3.63) is 59.2 Å². The van der Waals surface area contributed by atoms with E-state index >= 15 is 0 Å². The number of para-hydroxylation sites is 1. The number of hydrogen-bond donors (Lipinski definition) is 1. The first-order valence-electron chi connectivity index (χ1n) is 9.94. The number of aryl methyl sites for hydroxylation is 1. The molecule has 160 valence electrons. The number of nitrogens with zero attached hydrogens (tertiary/aromatic N) is 1. The first-order chi connectivity index (χ1) is 14.3. The average Bonchev–Trinajstić information content (AvgIpc) is 3.04. The van der Waals surface area contributed by atoms with E-state index in [1.807, 2.05) is 0 Å². The lowest BCUT2D eigenvalue weighted by atomic mass is 10.1. The van der Waals surface area contributed by atoms with E-state index in [0.29, 0.717) is 24.3 Å². The molecule has 0 aromatic heterocycles. The lowest BCUT2D eigenvalue weighted by molar-refractivity contribution is 0.0602. The first kappa shape index (κ1) is 22.0. The predicted molar refractivity (Wildman–Crippen MR) is 114 cm³/mol. The van der Waals surface area contributed by atoms with Crippen molar-refractivity contribution >= 4 is 27.6 Å². The Kier molecular flexibility index (Phi) is 6.89. The Balaban J connectivity index is 1.90. The Hall–Kier alpha value is -2.71. The maximum absolute atomic E-state index is 13.1. The summed E-state index contributed by atoms with van der Waals surface area (Å²) in [7, 11) is -2.41. The molecule has 8 heteroatoms. The van der Waals surface area contributed by atoms with Gasteiger partial charge in [0.2, 0.25) is 10.0 Å². The molecule has 7 nitrogen and oxygen atoms in total. The third-order valence-electron chi connectivity index (χ3n) is 5.24. The zero-order chi connectivity index (χ0) is 21.7. The van der Waals surface area contributed by atoms with Gasteiger partial charge in [-0.1, -0.05) is 31.0 Å². The Labute approximate surface area is 177 Å². The summed E-state index contributed by atoms with van der Waals surface area (Å²) < 4.78 is 32.5. The normalized spacial score (nSPS) is 15.3. The second kappa shape index (κ2) is 9.40. The highest BCUT2D eigenvalue weighted by atomic mass is 32.2. The highest BCUT2D eigenvalue weighted by Gasteiger charge is 2.26. The molecular weight excluding hydrogens is 404 g/mol. The molecule has 0 aliphatic carbocycles. The molecule has 0 spiro atoms. The minimum Gasteiger partial charge on any atom is -0.465 e. The Morgan fingerprint density at radius 2 is 1.63 bits per heavy atom. The second-order valence-corrected chi connectivity index (χ2v) is 9.22. The molecule has 30 heavy (non-hydrogen) atoms. The van der Waals surface area contributed by atoms with Gasteiger partial charge in [-0.25, -0.2) is 13.2 Å². The predicted octanol–water partition coefficient (Wildman–Crippen LogP) is 3.60. The summed E-state index contributed by atoms with van der Waals surface area (Å²) in [5.74, 6) is -1.06. The highest BCUT2D eigenvalue weighted by Crippen LogP contribution is 2.24. The van der Waals surface area contributed by atoms with Gasteiger partial charge in [0.15, 0.2) is 0 Å². The SMILES string of the molecule is COC(=O)c1ccccc1NC(=O)c1cc(S(=O)(=O)N2CCCCCC2)ccc1C. The molecule has 0 saturated carbocycles. The molecule has 2 aromatic rings. The van der Waals surface area contributed by atoms with E-state index in [-0.39, 0.29) is 16.0 Å². The summed E-state index contributed by atoms with van der Waals surface area (Å²) in [5, 5.41) is 2.70. The molecule has 1 heterocycles. The molecule has 3 rings (SSSR count). The zero-order valence-electron chi connectivity index (χ0n) is 17.2. The van der Waals surface area contributed by atoms with Crippen LogP contribution in [0.4, 0.5) is 5.69 Å². The van der Waals surface area contributed by atoms with Crippen LogP contribution in [0.1, 0.15) is 52.0 Å². The van der Waals surface area contributed by atoms with Crippen LogP contribution in [0.2, 0.25) is 0 Å². The van der Waals surface area contributed by atoms with Crippen molar-refractivity contribution in [2.24, 2.45) is 0 Å². The van der Waals surface area contributed by atoms with Gasteiger partial charge < -0.3 is 10.1 Å². The van der Waals surface area contributed by atoms with Crippen LogP contribution < -0.4 is 5.32 Å². The van der Waals surface area contributed by atoms with E-state index in [4.69, 9.17) is 4.74 Å². The van der Waals surface area contributed by atoms with Gasteiger partial charge >= 0.3 is 5.97 Å². The summed E-state index contributed by atoms with van der Waals surface area (Å²) in [4.78, 5) is 25.0. The van der Waals surface area contributed by atoms with Crippen LogP contribution in [0.5, 0.6) is 0 Å². The number of methoxy groups -OCH3 is 1. The number of hydrogen-bond acceptors (Lipinski definition) is 5. The molecular formula is C22H26N2O5S. The van der Waals surface area contributed by atoms with Crippen LogP contribution in [0, 0.1) is 6.92 Å². The fraction of sp³-hybridized carbons (Fsp3) is 0.364. The molecule has 0 atom stereocenters. The number of benzene rings is 2. The van der Waals surface area contributed by atoms with Crippen molar-refractivity contribution in [2.75, 3.05) is 25.5 Å². The Morgan fingerprint density at radius 1 is 0.967 bits per heavy atom. The lowest BCUT2D eigenvalue weighted by Gasteiger charge is -2.20. The van der Waals surface area contributed by atoms with Crippen LogP contribution in [-0.4, -0.2) is 44.8 Å². The topological polar surface area (TPSA) is 92.8 Å². The molecule has 1 amide bonds. The van der Waals surface area contributed by atoms with Crippen LogP contribution in [0.25, 0.3) is 0 Å². The quantitative estimate of drug-likeness (QED) is 0.732. The van der Waals surface area contributed by atoms with Gasteiger partial charge in [-0.2, -0.15) is 4.31 Å². The molecule has 2 aromatic carbocycles. The molecule has 1 fully saturated rings. The third-order valence-corrected chi connectivity index (χ3v) is 7.13. The van der Waals surface area contributed by atoms with E-state index in [9.17, 15) is 18.0 Å². The highest BCUT2D eigenvalue weighted by molar-refractivity contribution is 7.89. The maximum atomic E-state index is 13.1. The molecule has 1 saturated heterocycles. The fourth-order valence-electron chi connectivity index (χ4n) is 3.51. The van der Waals surface area contributed by atoms with E-state index < -0.39 is 21.9 Å². The van der Waals surface area contributed by atoms with E-state index in [1.165, 1.54) is 23.5 Å². The van der Waals surface area contributed by atoms with Gasteiger partial charge in [0.25, 0.3) is 5.91 Å². The molecule has 1 aliphatic heterocycles. The number of sulfonamides is 1. The van der Waals surface area contributed by atoms with Crippen LogP contribution in [-0.2, 0) is 14.8 Å². The molecule has 1 aliphatic rings. The second-order valence-electron chi connectivity index (χ2n) is 7.29. The average molecular weight is 431 g/mol. The summed E-state index contributed by atoms with van der Waals surface area (Å²) in [6.07, 6.45) is 3.71. The van der Waals surface area contributed by atoms with Gasteiger partial charge in [0.05, 0.1) is 23.3 Å². The Bertz CT molecular complexity index is 1040. The summed E-state index contributed by atoms with van der Waals surface area (Å²) >= 11 is 0. The summed E-state index contributed by atoms with van der Waals surface area (Å²) in [6.45, 7) is 2.72. The number of anilines is 1. The number of esters is 1. The van der Waals surface area contributed by atoms with Gasteiger partial charge in [-0.15, -0.1) is 0 Å². The minimum atomic E-state index is -3.68. The number of ether oxygens (including phenoxy) is 1. The van der Waals surface area contributed by atoms with Crippen LogP contribution in [0.15, 0.2) is 47.4 Å². The van der Waals surface area contributed by atoms with Crippen molar-refractivity contribution in [1.82, 2.24) is 4.31 Å².